The zero-order chi connectivity index (χ0) is 8.27. The number of hydrogen-bond donors (Lipinski definition) is 1. The van der Waals surface area contributed by atoms with Crippen molar-refractivity contribution in [1.82, 2.24) is 4.90 Å². The van der Waals surface area contributed by atoms with E-state index in [4.69, 9.17) is 10.5 Å². The second-order valence-electron chi connectivity index (χ2n) is 3.22. The minimum atomic E-state index is 0.337. The van der Waals surface area contributed by atoms with Crippen LogP contribution in [0.2, 0.25) is 0 Å². The fraction of sp³-hybridized carbons (Fsp3) is 1.00. The summed E-state index contributed by atoms with van der Waals surface area (Å²) in [7, 11) is 1.75. The maximum absolute atomic E-state index is 5.56. The van der Waals surface area contributed by atoms with Crippen LogP contribution < -0.4 is 5.73 Å². The van der Waals surface area contributed by atoms with Gasteiger partial charge in [-0.15, -0.1) is 0 Å². The summed E-state index contributed by atoms with van der Waals surface area (Å²) in [6, 6.07) is 0.618. The number of nitrogens with two attached hydrogens (primary N) is 1. The summed E-state index contributed by atoms with van der Waals surface area (Å²) >= 11 is 0. The Morgan fingerprint density at radius 2 is 2.45 bits per heavy atom. The molecule has 1 heterocycles. The van der Waals surface area contributed by atoms with E-state index in [-0.39, 0.29) is 0 Å². The molecule has 0 aliphatic carbocycles. The molecule has 2 N–H and O–H groups in total. The zero-order valence-electron chi connectivity index (χ0n) is 7.42. The molecule has 0 aromatic carbocycles. The topological polar surface area (TPSA) is 38.5 Å². The minimum Gasteiger partial charge on any atom is -0.380 e. The first-order chi connectivity index (χ1) is 5.27. The molecule has 1 saturated heterocycles. The predicted octanol–water partition coefficient (Wildman–Crippen LogP) is 0.0543. The van der Waals surface area contributed by atoms with Gasteiger partial charge in [0.1, 0.15) is 0 Å². The molecule has 1 aliphatic heterocycles. The van der Waals surface area contributed by atoms with Crippen LogP contribution in [0.3, 0.4) is 0 Å². The molecule has 2 unspecified atom stereocenters. The molecule has 11 heavy (non-hydrogen) atoms. The predicted molar refractivity (Wildman–Crippen MR) is 45.5 cm³/mol. The number of likely N-dealkylation sites (tertiary alicyclic amines) is 1. The highest BCUT2D eigenvalue weighted by molar-refractivity contribution is 4.84. The molecule has 0 aromatic heterocycles. The van der Waals surface area contributed by atoms with Crippen LogP contribution in [0.1, 0.15) is 13.3 Å². The van der Waals surface area contributed by atoms with E-state index in [1.807, 2.05) is 0 Å². The van der Waals surface area contributed by atoms with E-state index in [1.165, 1.54) is 13.0 Å². The van der Waals surface area contributed by atoms with E-state index < -0.39 is 0 Å². The van der Waals surface area contributed by atoms with Gasteiger partial charge in [-0.1, -0.05) is 0 Å². The summed E-state index contributed by atoms with van der Waals surface area (Å²) < 4.78 is 5.17. The van der Waals surface area contributed by atoms with E-state index in [1.54, 1.807) is 7.11 Å². The van der Waals surface area contributed by atoms with E-state index in [0.717, 1.165) is 13.1 Å². The van der Waals surface area contributed by atoms with Crippen LogP contribution in [-0.2, 0) is 4.74 Å². The Morgan fingerprint density at radius 3 is 2.82 bits per heavy atom. The van der Waals surface area contributed by atoms with Gasteiger partial charge in [0.25, 0.3) is 0 Å². The molecule has 2 atom stereocenters. The maximum atomic E-state index is 5.56. The van der Waals surface area contributed by atoms with E-state index in [9.17, 15) is 0 Å². The van der Waals surface area contributed by atoms with Crippen LogP contribution in [0.25, 0.3) is 0 Å². The Labute approximate surface area is 68.5 Å². The lowest BCUT2D eigenvalue weighted by Gasteiger charge is -2.41. The van der Waals surface area contributed by atoms with E-state index in [0.29, 0.717) is 12.1 Å². The summed E-state index contributed by atoms with van der Waals surface area (Å²) in [4.78, 5) is 2.38. The van der Waals surface area contributed by atoms with Gasteiger partial charge in [0.05, 0.1) is 6.10 Å². The number of nitrogens with zero attached hydrogens (tertiary/aromatic N) is 1. The second kappa shape index (κ2) is 4.04. The molecule has 66 valence electrons. The average Bonchev–Trinajstić information content (AvgIpc) is 1.98. The minimum absolute atomic E-state index is 0.337. The standard InChI is InChI=1S/C8H18N2O/c1-7(11-2)6-10-4-3-8(10)5-9/h7-8H,3-6,9H2,1-2H3. The van der Waals surface area contributed by atoms with Crippen molar-refractivity contribution in [2.45, 2.75) is 25.5 Å². The number of hydrogen-bond acceptors (Lipinski definition) is 3. The van der Waals surface area contributed by atoms with Crippen molar-refractivity contribution in [2.75, 3.05) is 26.7 Å². The van der Waals surface area contributed by atoms with Crippen LogP contribution in [0.5, 0.6) is 0 Å². The molecule has 1 rings (SSSR count). The van der Waals surface area contributed by atoms with Crippen molar-refractivity contribution >= 4 is 0 Å². The first kappa shape index (κ1) is 8.97. The number of ether oxygens (including phenoxy) is 1. The molecular weight excluding hydrogens is 140 g/mol. The number of rotatable bonds is 4. The van der Waals surface area contributed by atoms with Crippen LogP contribution in [-0.4, -0.2) is 43.8 Å². The quantitative estimate of drug-likeness (QED) is 0.628. The van der Waals surface area contributed by atoms with Crippen LogP contribution in [0, 0.1) is 0 Å². The van der Waals surface area contributed by atoms with Gasteiger partial charge in [-0.2, -0.15) is 0 Å². The average molecular weight is 158 g/mol. The molecule has 0 spiro atoms. The third kappa shape index (κ3) is 2.15. The largest absolute Gasteiger partial charge is 0.380 e. The third-order valence-electron chi connectivity index (χ3n) is 2.43. The Hall–Kier alpha value is -0.120. The van der Waals surface area contributed by atoms with Gasteiger partial charge < -0.3 is 10.5 Å². The Morgan fingerprint density at radius 1 is 1.73 bits per heavy atom. The highest BCUT2D eigenvalue weighted by atomic mass is 16.5. The Kier molecular flexibility index (Phi) is 3.30. The lowest BCUT2D eigenvalue weighted by molar-refractivity contribution is 0.0208. The zero-order valence-corrected chi connectivity index (χ0v) is 7.42. The van der Waals surface area contributed by atoms with Crippen molar-refractivity contribution in [3.63, 3.8) is 0 Å². The van der Waals surface area contributed by atoms with Crippen molar-refractivity contribution in [3.8, 4) is 0 Å². The smallest absolute Gasteiger partial charge is 0.0670 e. The summed E-state index contributed by atoms with van der Waals surface area (Å²) in [6.45, 7) is 5.09. The molecule has 1 aliphatic rings. The lowest BCUT2D eigenvalue weighted by Crippen LogP contribution is -2.53. The molecule has 0 bridgehead atoms. The van der Waals surface area contributed by atoms with Gasteiger partial charge in [-0.25, -0.2) is 0 Å². The van der Waals surface area contributed by atoms with Crippen molar-refractivity contribution in [1.29, 1.82) is 0 Å². The van der Waals surface area contributed by atoms with E-state index >= 15 is 0 Å². The molecule has 0 saturated carbocycles. The molecule has 0 amide bonds. The van der Waals surface area contributed by atoms with Crippen LogP contribution in [0.15, 0.2) is 0 Å². The number of methoxy groups -OCH3 is 1. The van der Waals surface area contributed by atoms with Crippen molar-refractivity contribution in [3.05, 3.63) is 0 Å². The second-order valence-corrected chi connectivity index (χ2v) is 3.22. The maximum Gasteiger partial charge on any atom is 0.0670 e. The summed E-state index contributed by atoms with van der Waals surface area (Å²) in [6.07, 6.45) is 1.59. The normalized spacial score (nSPS) is 28.1. The van der Waals surface area contributed by atoms with Crippen LogP contribution >= 0.6 is 0 Å². The first-order valence-electron chi connectivity index (χ1n) is 4.24. The van der Waals surface area contributed by atoms with Crippen molar-refractivity contribution in [2.24, 2.45) is 5.73 Å². The molecule has 3 nitrogen and oxygen atoms in total. The summed E-state index contributed by atoms with van der Waals surface area (Å²) in [5.74, 6) is 0. The summed E-state index contributed by atoms with van der Waals surface area (Å²) in [5, 5.41) is 0. The van der Waals surface area contributed by atoms with Gasteiger partial charge in [-0.3, -0.25) is 4.90 Å². The van der Waals surface area contributed by atoms with Crippen LogP contribution in [0.4, 0.5) is 0 Å². The lowest BCUT2D eigenvalue weighted by atomic mass is 10.0. The third-order valence-corrected chi connectivity index (χ3v) is 2.43. The Bertz CT molecular complexity index is 117. The SMILES string of the molecule is COC(C)CN1CCC1CN. The molecule has 1 fully saturated rings. The van der Waals surface area contributed by atoms with Gasteiger partial charge in [0.15, 0.2) is 0 Å². The molecule has 3 heteroatoms. The highest BCUT2D eigenvalue weighted by Crippen LogP contribution is 2.16. The monoisotopic (exact) mass is 158 g/mol. The van der Waals surface area contributed by atoms with E-state index in [2.05, 4.69) is 11.8 Å². The van der Waals surface area contributed by atoms with Gasteiger partial charge in [0, 0.05) is 32.8 Å². The fourth-order valence-corrected chi connectivity index (χ4v) is 1.41. The molecular formula is C8H18N2O. The van der Waals surface area contributed by atoms with Gasteiger partial charge >= 0.3 is 0 Å². The molecule has 0 aromatic rings. The van der Waals surface area contributed by atoms with Crippen molar-refractivity contribution < 1.29 is 4.74 Å². The molecule has 0 radical (unpaired) electrons. The highest BCUT2D eigenvalue weighted by Gasteiger charge is 2.27. The van der Waals surface area contributed by atoms with Gasteiger partial charge in [0.2, 0.25) is 0 Å². The van der Waals surface area contributed by atoms with Gasteiger partial charge in [-0.05, 0) is 13.3 Å². The summed E-state index contributed by atoms with van der Waals surface area (Å²) in [5.41, 5.74) is 5.56. The Balaban J connectivity index is 2.16. The fourth-order valence-electron chi connectivity index (χ4n) is 1.41. The first-order valence-corrected chi connectivity index (χ1v) is 4.24.